The van der Waals surface area contributed by atoms with Crippen LogP contribution < -0.4 is 15.2 Å². The second-order valence-corrected chi connectivity index (χ2v) is 8.76. The van der Waals surface area contributed by atoms with Gasteiger partial charge in [0.15, 0.2) is 0 Å². The molecule has 1 amide bonds. The van der Waals surface area contributed by atoms with E-state index in [0.717, 1.165) is 25.7 Å². The third kappa shape index (κ3) is 4.48. The highest BCUT2D eigenvalue weighted by molar-refractivity contribution is 5.94. The molecule has 0 spiro atoms. The highest BCUT2D eigenvalue weighted by Gasteiger charge is 2.28. The van der Waals surface area contributed by atoms with Gasteiger partial charge >= 0.3 is 5.56 Å². The highest BCUT2D eigenvalue weighted by Crippen LogP contribution is 2.30. The average molecular weight is 461 g/mol. The number of hydrogen-bond acceptors (Lipinski definition) is 6. The fraction of sp³-hybridized carbons (Fsp3) is 0.346. The molecule has 0 bridgehead atoms. The number of nitrogens with zero attached hydrogens (tertiary/aromatic N) is 4. The Morgan fingerprint density at radius 3 is 2.29 bits per heavy atom. The van der Waals surface area contributed by atoms with Crippen molar-refractivity contribution in [3.63, 3.8) is 0 Å². The number of rotatable bonds is 5. The lowest BCUT2D eigenvalue weighted by molar-refractivity contribution is 0.0746. The number of ether oxygens (including phenoxy) is 1. The van der Waals surface area contributed by atoms with Crippen LogP contribution in [0.2, 0.25) is 0 Å². The van der Waals surface area contributed by atoms with E-state index >= 15 is 0 Å². The lowest BCUT2D eigenvalue weighted by Crippen LogP contribution is -2.49. The largest absolute Gasteiger partial charge is 0.508 e. The van der Waals surface area contributed by atoms with Crippen molar-refractivity contribution in [2.45, 2.75) is 31.8 Å². The molecule has 0 radical (unpaired) electrons. The topological polar surface area (TPSA) is 87.9 Å². The van der Waals surface area contributed by atoms with Crippen molar-refractivity contribution in [3.8, 4) is 17.2 Å². The first-order chi connectivity index (χ1) is 16.6. The Morgan fingerprint density at radius 2 is 1.62 bits per heavy atom. The van der Waals surface area contributed by atoms with Crippen LogP contribution in [-0.4, -0.2) is 58.0 Å². The number of carbonyl (C=O) groups excluding carboxylic acids is 1. The number of piperazine rings is 1. The molecule has 2 fully saturated rings. The molecule has 34 heavy (non-hydrogen) atoms. The van der Waals surface area contributed by atoms with E-state index in [9.17, 15) is 14.7 Å². The van der Waals surface area contributed by atoms with Gasteiger partial charge in [-0.2, -0.15) is 9.78 Å². The summed E-state index contributed by atoms with van der Waals surface area (Å²) in [4.78, 5) is 30.2. The van der Waals surface area contributed by atoms with E-state index in [-0.39, 0.29) is 23.3 Å². The summed E-state index contributed by atoms with van der Waals surface area (Å²) in [6, 6.07) is 15.6. The quantitative estimate of drug-likeness (QED) is 0.629. The van der Waals surface area contributed by atoms with Crippen LogP contribution in [0, 0.1) is 0 Å². The maximum Gasteiger partial charge on any atom is 0.316 e. The number of anilines is 1. The first-order valence-electron chi connectivity index (χ1n) is 11.8. The van der Waals surface area contributed by atoms with E-state index in [1.165, 1.54) is 16.8 Å². The second-order valence-electron chi connectivity index (χ2n) is 8.76. The summed E-state index contributed by atoms with van der Waals surface area (Å²) in [6.07, 6.45) is 5.85. The number of benzene rings is 2. The Hall–Kier alpha value is -3.81. The van der Waals surface area contributed by atoms with Crippen LogP contribution in [0.4, 0.5) is 5.69 Å². The number of aromatic hydroxyl groups is 1. The van der Waals surface area contributed by atoms with Crippen LogP contribution in [0.3, 0.4) is 0 Å². The lowest BCUT2D eigenvalue weighted by atomic mass is 10.1. The van der Waals surface area contributed by atoms with E-state index in [2.05, 4.69) is 10.00 Å². The summed E-state index contributed by atoms with van der Waals surface area (Å²) in [5.41, 5.74) is 1.65. The minimum Gasteiger partial charge on any atom is -0.508 e. The van der Waals surface area contributed by atoms with Gasteiger partial charge in [0.1, 0.15) is 11.4 Å². The van der Waals surface area contributed by atoms with Crippen LogP contribution in [-0.2, 0) is 0 Å². The number of amides is 1. The fourth-order valence-electron chi connectivity index (χ4n) is 4.63. The Morgan fingerprint density at radius 1 is 0.941 bits per heavy atom. The third-order valence-corrected chi connectivity index (χ3v) is 6.52. The number of carbonyl (C=O) groups is 1. The molecule has 1 aromatic heterocycles. The average Bonchev–Trinajstić information content (AvgIpc) is 3.39. The molecule has 1 aliphatic carbocycles. The molecule has 0 unspecified atom stereocenters. The van der Waals surface area contributed by atoms with Gasteiger partial charge in [-0.25, -0.2) is 0 Å². The van der Waals surface area contributed by atoms with Crippen molar-refractivity contribution in [1.82, 2.24) is 14.7 Å². The number of phenolic OH excluding ortho intramolecular Hbond substituents is 1. The van der Waals surface area contributed by atoms with Crippen LogP contribution >= 0.6 is 0 Å². The molecule has 2 aliphatic rings. The molecule has 2 aromatic carbocycles. The Balaban J connectivity index is 1.38. The van der Waals surface area contributed by atoms with Crippen molar-refractivity contribution >= 4 is 11.6 Å². The maximum atomic E-state index is 13.5. The van der Waals surface area contributed by atoms with Gasteiger partial charge in [0.2, 0.25) is 5.75 Å². The van der Waals surface area contributed by atoms with Gasteiger partial charge in [-0.3, -0.25) is 9.59 Å². The van der Waals surface area contributed by atoms with Crippen molar-refractivity contribution < 1.29 is 14.6 Å². The normalized spacial score (nSPS) is 16.6. The predicted octanol–water partition coefficient (Wildman–Crippen LogP) is 3.22. The molecule has 2 heterocycles. The molecular formula is C26H28N4O4. The van der Waals surface area contributed by atoms with Crippen molar-refractivity contribution in [2.75, 3.05) is 31.1 Å². The minimum atomic E-state index is -0.266. The molecule has 1 saturated carbocycles. The Labute approximate surface area is 198 Å². The summed E-state index contributed by atoms with van der Waals surface area (Å²) in [6.45, 7) is 2.18. The van der Waals surface area contributed by atoms with Crippen LogP contribution in [0.5, 0.6) is 11.5 Å². The predicted molar refractivity (Wildman–Crippen MR) is 129 cm³/mol. The van der Waals surface area contributed by atoms with E-state index in [1.54, 1.807) is 23.2 Å². The third-order valence-electron chi connectivity index (χ3n) is 6.52. The molecule has 1 aliphatic heterocycles. The zero-order valence-electron chi connectivity index (χ0n) is 19.0. The standard InChI is InChI=1S/C26H28N4O4/c31-21-12-10-19(11-13-21)25(32)29-16-14-28(15-17-29)23-18-27-30(20-6-2-1-3-7-20)26(33)24(23)34-22-8-4-5-9-22/h1-3,6-7,10-13,18,22,31H,4-5,8-9,14-17H2. The van der Waals surface area contributed by atoms with Crippen molar-refractivity contribution in [3.05, 3.63) is 76.7 Å². The summed E-state index contributed by atoms with van der Waals surface area (Å²) >= 11 is 0. The van der Waals surface area contributed by atoms with E-state index in [0.29, 0.717) is 48.9 Å². The molecular weight excluding hydrogens is 432 g/mol. The number of hydrogen-bond donors (Lipinski definition) is 1. The Bertz CT molecular complexity index is 1200. The van der Waals surface area contributed by atoms with Gasteiger partial charge in [0.05, 0.1) is 18.0 Å². The maximum absolute atomic E-state index is 13.5. The number of aromatic nitrogens is 2. The van der Waals surface area contributed by atoms with E-state index in [1.807, 2.05) is 30.3 Å². The highest BCUT2D eigenvalue weighted by atomic mass is 16.5. The van der Waals surface area contributed by atoms with Crippen LogP contribution in [0.25, 0.3) is 5.69 Å². The zero-order valence-corrected chi connectivity index (χ0v) is 19.0. The molecule has 176 valence electrons. The molecule has 3 aromatic rings. The number of phenols is 1. The van der Waals surface area contributed by atoms with Crippen molar-refractivity contribution in [1.29, 1.82) is 0 Å². The summed E-state index contributed by atoms with van der Waals surface area (Å²) in [5.74, 6) is 0.401. The first-order valence-corrected chi connectivity index (χ1v) is 11.8. The number of para-hydroxylation sites is 1. The molecule has 8 nitrogen and oxygen atoms in total. The molecule has 5 rings (SSSR count). The summed E-state index contributed by atoms with van der Waals surface area (Å²) in [7, 11) is 0. The zero-order chi connectivity index (χ0) is 23.5. The Kier molecular flexibility index (Phi) is 6.20. The lowest BCUT2D eigenvalue weighted by Gasteiger charge is -2.36. The monoisotopic (exact) mass is 460 g/mol. The van der Waals surface area contributed by atoms with Gasteiger partial charge in [-0.15, -0.1) is 0 Å². The molecule has 1 saturated heterocycles. The molecule has 1 N–H and O–H groups in total. The van der Waals surface area contributed by atoms with Gasteiger partial charge in [0, 0.05) is 31.7 Å². The van der Waals surface area contributed by atoms with Gasteiger partial charge in [-0.05, 0) is 62.1 Å². The van der Waals surface area contributed by atoms with E-state index in [4.69, 9.17) is 4.74 Å². The second kappa shape index (κ2) is 9.59. The van der Waals surface area contributed by atoms with E-state index < -0.39 is 0 Å². The van der Waals surface area contributed by atoms with Crippen LogP contribution in [0.15, 0.2) is 65.6 Å². The van der Waals surface area contributed by atoms with Gasteiger partial charge in [0.25, 0.3) is 5.91 Å². The van der Waals surface area contributed by atoms with Crippen molar-refractivity contribution in [2.24, 2.45) is 0 Å². The first kappa shape index (κ1) is 22.0. The van der Waals surface area contributed by atoms with Crippen LogP contribution in [0.1, 0.15) is 36.0 Å². The minimum absolute atomic E-state index is 0.0374. The van der Waals surface area contributed by atoms with Gasteiger partial charge < -0.3 is 19.6 Å². The molecule has 8 heteroatoms. The fourth-order valence-corrected chi connectivity index (χ4v) is 4.63. The summed E-state index contributed by atoms with van der Waals surface area (Å²) in [5, 5.41) is 13.9. The summed E-state index contributed by atoms with van der Waals surface area (Å²) < 4.78 is 7.68. The molecule has 0 atom stereocenters. The smallest absolute Gasteiger partial charge is 0.316 e. The van der Waals surface area contributed by atoms with Gasteiger partial charge in [-0.1, -0.05) is 18.2 Å². The SMILES string of the molecule is O=C(c1ccc(O)cc1)N1CCN(c2cnn(-c3ccccc3)c(=O)c2OC2CCCC2)CC1.